The largest absolute Gasteiger partial charge is 0.464 e. The molecule has 0 radical (unpaired) electrons. The smallest absolute Gasteiger partial charge is 0.360 e. The van der Waals surface area contributed by atoms with Crippen LogP contribution in [-0.4, -0.2) is 46.1 Å². The van der Waals surface area contributed by atoms with E-state index in [0.29, 0.717) is 23.9 Å². The van der Waals surface area contributed by atoms with Gasteiger partial charge in [-0.15, -0.1) is 0 Å². The highest BCUT2D eigenvalue weighted by atomic mass is 35.5. The van der Waals surface area contributed by atoms with Gasteiger partial charge < -0.3 is 14.6 Å². The zero-order valence-electron chi connectivity index (χ0n) is 12.9. The molecule has 3 heterocycles. The number of ether oxygens (including phenoxy) is 1. The van der Waals surface area contributed by atoms with Crippen LogP contribution in [0, 0.1) is 0 Å². The van der Waals surface area contributed by atoms with Gasteiger partial charge in [-0.3, -0.25) is 0 Å². The van der Waals surface area contributed by atoms with Crippen LogP contribution in [0.1, 0.15) is 22.2 Å². The lowest BCUT2D eigenvalue weighted by Crippen LogP contribution is -2.46. The quantitative estimate of drug-likeness (QED) is 0.735. The van der Waals surface area contributed by atoms with Crippen molar-refractivity contribution in [3.63, 3.8) is 0 Å². The molecular formula is C16H14ClN5O2. The van der Waals surface area contributed by atoms with Crippen molar-refractivity contribution in [1.29, 1.82) is 0 Å². The van der Waals surface area contributed by atoms with Gasteiger partial charge in [-0.25, -0.2) is 19.7 Å². The van der Waals surface area contributed by atoms with Gasteiger partial charge in [0.05, 0.1) is 24.1 Å². The summed E-state index contributed by atoms with van der Waals surface area (Å²) in [6, 6.07) is 5.59. The van der Waals surface area contributed by atoms with Crippen molar-refractivity contribution < 1.29 is 9.53 Å². The molecule has 24 heavy (non-hydrogen) atoms. The molecule has 3 aromatic rings. The van der Waals surface area contributed by atoms with Crippen molar-refractivity contribution in [1.82, 2.24) is 19.9 Å². The average molecular weight is 344 g/mol. The van der Waals surface area contributed by atoms with E-state index >= 15 is 0 Å². The predicted octanol–water partition coefficient (Wildman–Crippen LogP) is 2.40. The van der Waals surface area contributed by atoms with Gasteiger partial charge in [-0.1, -0.05) is 11.6 Å². The van der Waals surface area contributed by atoms with Crippen LogP contribution in [0.25, 0.3) is 11.0 Å². The molecule has 4 rings (SSSR count). The van der Waals surface area contributed by atoms with Crippen molar-refractivity contribution >= 4 is 34.4 Å². The maximum atomic E-state index is 11.8. The molecule has 1 aliphatic heterocycles. The second-order valence-corrected chi connectivity index (χ2v) is 6.04. The molecule has 0 amide bonds. The van der Waals surface area contributed by atoms with Gasteiger partial charge in [-0.05, 0) is 18.2 Å². The molecule has 0 bridgehead atoms. The summed E-state index contributed by atoms with van der Waals surface area (Å²) in [6.07, 6.45) is 3.05. The Labute approximate surface area is 142 Å². The topological polar surface area (TPSA) is 84.0 Å². The van der Waals surface area contributed by atoms with Gasteiger partial charge in [-0.2, -0.15) is 0 Å². The van der Waals surface area contributed by atoms with E-state index in [0.717, 1.165) is 16.9 Å². The molecule has 0 spiro atoms. The minimum atomic E-state index is -0.486. The fraction of sp³-hybridized carbons (Fsp3) is 0.250. The Morgan fingerprint density at radius 3 is 2.92 bits per heavy atom. The summed E-state index contributed by atoms with van der Waals surface area (Å²) in [7, 11) is 1.33. The van der Waals surface area contributed by atoms with Crippen molar-refractivity contribution in [3.8, 4) is 0 Å². The van der Waals surface area contributed by atoms with Gasteiger partial charge in [0.15, 0.2) is 11.5 Å². The van der Waals surface area contributed by atoms with E-state index in [9.17, 15) is 4.79 Å². The number of rotatable bonds is 3. The highest BCUT2D eigenvalue weighted by molar-refractivity contribution is 6.31. The number of esters is 1. The maximum Gasteiger partial charge on any atom is 0.360 e. The SMILES string of the molecule is COC(=O)c1nccnc1N1CC(c2nc3cc(Cl)ccc3[nH]2)C1. The number of aromatic nitrogens is 4. The number of hydrogen-bond acceptors (Lipinski definition) is 6. The lowest BCUT2D eigenvalue weighted by atomic mass is 9.99. The predicted molar refractivity (Wildman–Crippen MR) is 89.4 cm³/mol. The first-order valence-electron chi connectivity index (χ1n) is 7.45. The fourth-order valence-electron chi connectivity index (χ4n) is 2.82. The first-order chi connectivity index (χ1) is 11.7. The lowest BCUT2D eigenvalue weighted by Gasteiger charge is -2.39. The molecule has 0 atom stereocenters. The summed E-state index contributed by atoms with van der Waals surface area (Å²) >= 11 is 6.00. The number of nitrogens with one attached hydrogen (secondary N) is 1. The third-order valence-electron chi connectivity index (χ3n) is 4.09. The van der Waals surface area contributed by atoms with E-state index in [1.807, 2.05) is 23.1 Å². The molecular weight excluding hydrogens is 330 g/mol. The Morgan fingerprint density at radius 2 is 2.12 bits per heavy atom. The standard InChI is InChI=1S/C16H14ClN5O2/c1-24-16(23)13-15(19-5-4-18-13)22-7-9(8-22)14-20-11-3-2-10(17)6-12(11)21-14/h2-6,9H,7-8H2,1H3,(H,20,21). The summed E-state index contributed by atoms with van der Waals surface area (Å²) in [5.41, 5.74) is 2.04. The molecule has 1 fully saturated rings. The number of anilines is 1. The number of benzene rings is 1. The molecule has 1 saturated heterocycles. The number of nitrogens with zero attached hydrogens (tertiary/aromatic N) is 4. The van der Waals surface area contributed by atoms with Crippen LogP contribution in [0.15, 0.2) is 30.6 Å². The number of hydrogen-bond donors (Lipinski definition) is 1. The van der Waals surface area contributed by atoms with Crippen LogP contribution in [-0.2, 0) is 4.74 Å². The number of carbonyl (C=O) groups excluding carboxylic acids is 1. The lowest BCUT2D eigenvalue weighted by molar-refractivity contribution is 0.0594. The Hall–Kier alpha value is -2.67. The number of carbonyl (C=O) groups is 1. The molecule has 1 aliphatic rings. The molecule has 122 valence electrons. The van der Waals surface area contributed by atoms with E-state index in [1.165, 1.54) is 13.3 Å². The van der Waals surface area contributed by atoms with Gasteiger partial charge in [0.1, 0.15) is 5.82 Å². The molecule has 8 heteroatoms. The zero-order chi connectivity index (χ0) is 16.7. The molecule has 0 saturated carbocycles. The minimum absolute atomic E-state index is 0.231. The Balaban J connectivity index is 1.55. The fourth-order valence-corrected chi connectivity index (χ4v) is 2.99. The van der Waals surface area contributed by atoms with Crippen molar-refractivity contribution in [2.45, 2.75) is 5.92 Å². The molecule has 0 unspecified atom stereocenters. The van der Waals surface area contributed by atoms with Gasteiger partial charge in [0.25, 0.3) is 0 Å². The summed E-state index contributed by atoms with van der Waals surface area (Å²) < 4.78 is 4.76. The Morgan fingerprint density at radius 1 is 1.33 bits per heavy atom. The third kappa shape index (κ3) is 2.46. The van der Waals surface area contributed by atoms with Crippen molar-refractivity contribution in [2.75, 3.05) is 25.1 Å². The molecule has 7 nitrogen and oxygen atoms in total. The molecule has 0 aliphatic carbocycles. The van der Waals surface area contributed by atoms with Crippen LogP contribution in [0.4, 0.5) is 5.82 Å². The van der Waals surface area contributed by atoms with Gasteiger partial charge in [0.2, 0.25) is 0 Å². The van der Waals surface area contributed by atoms with Crippen LogP contribution < -0.4 is 4.90 Å². The number of fused-ring (bicyclic) bond motifs is 1. The Bertz CT molecular complexity index is 920. The highest BCUT2D eigenvalue weighted by Crippen LogP contribution is 2.31. The minimum Gasteiger partial charge on any atom is -0.464 e. The van der Waals surface area contributed by atoms with Gasteiger partial charge >= 0.3 is 5.97 Å². The number of imidazole rings is 1. The maximum absolute atomic E-state index is 11.8. The van der Waals surface area contributed by atoms with Gasteiger partial charge in [0, 0.05) is 30.5 Å². The Kier molecular flexibility index (Phi) is 3.57. The summed E-state index contributed by atoms with van der Waals surface area (Å²) in [4.78, 5) is 30.1. The van der Waals surface area contributed by atoms with Crippen LogP contribution in [0.5, 0.6) is 0 Å². The van der Waals surface area contributed by atoms with Crippen molar-refractivity contribution in [2.24, 2.45) is 0 Å². The van der Waals surface area contributed by atoms with Crippen LogP contribution in [0.3, 0.4) is 0 Å². The summed E-state index contributed by atoms with van der Waals surface area (Å²) in [5.74, 6) is 1.20. The number of halogens is 1. The monoisotopic (exact) mass is 343 g/mol. The second-order valence-electron chi connectivity index (χ2n) is 5.61. The van der Waals surface area contributed by atoms with E-state index in [1.54, 1.807) is 6.20 Å². The highest BCUT2D eigenvalue weighted by Gasteiger charge is 2.34. The number of methoxy groups -OCH3 is 1. The number of aromatic amines is 1. The van der Waals surface area contributed by atoms with E-state index in [2.05, 4.69) is 19.9 Å². The number of H-pyrrole nitrogens is 1. The first kappa shape index (κ1) is 14.9. The molecule has 1 aromatic carbocycles. The van der Waals surface area contributed by atoms with Crippen molar-refractivity contribution in [3.05, 3.63) is 47.1 Å². The first-order valence-corrected chi connectivity index (χ1v) is 7.83. The summed E-state index contributed by atoms with van der Waals surface area (Å²) in [6.45, 7) is 1.41. The van der Waals surface area contributed by atoms with Crippen LogP contribution >= 0.6 is 11.6 Å². The zero-order valence-corrected chi connectivity index (χ0v) is 13.6. The van der Waals surface area contributed by atoms with E-state index in [4.69, 9.17) is 16.3 Å². The van der Waals surface area contributed by atoms with E-state index in [-0.39, 0.29) is 11.6 Å². The normalized spacial score (nSPS) is 14.7. The van der Waals surface area contributed by atoms with E-state index < -0.39 is 5.97 Å². The van der Waals surface area contributed by atoms with Crippen LogP contribution in [0.2, 0.25) is 5.02 Å². The summed E-state index contributed by atoms with van der Waals surface area (Å²) in [5, 5.41) is 0.665. The molecule has 1 N–H and O–H groups in total. The second kappa shape index (κ2) is 5.76. The average Bonchev–Trinajstić information content (AvgIpc) is 2.95. The molecule has 2 aromatic heterocycles. The third-order valence-corrected chi connectivity index (χ3v) is 4.32.